The SMILES string of the molecule is COC(=O)c1ccc(Cl)c(CN2CC3CCC(N)C3C2)c1.Cl. The quantitative estimate of drug-likeness (QED) is 0.856. The van der Waals surface area contributed by atoms with Crippen molar-refractivity contribution in [2.45, 2.75) is 25.4 Å². The van der Waals surface area contributed by atoms with E-state index in [0.717, 1.165) is 37.5 Å². The van der Waals surface area contributed by atoms with E-state index in [-0.39, 0.29) is 18.4 Å². The number of hydrogen-bond donors (Lipinski definition) is 1. The first-order chi connectivity index (χ1) is 10.1. The molecule has 0 radical (unpaired) electrons. The second kappa shape index (κ2) is 7.18. The van der Waals surface area contributed by atoms with Gasteiger partial charge in [-0.1, -0.05) is 11.6 Å². The summed E-state index contributed by atoms with van der Waals surface area (Å²) in [6, 6.07) is 5.65. The van der Waals surface area contributed by atoms with Crippen LogP contribution in [0.2, 0.25) is 5.02 Å². The summed E-state index contributed by atoms with van der Waals surface area (Å²) < 4.78 is 4.76. The van der Waals surface area contributed by atoms with Crippen LogP contribution in [0.4, 0.5) is 0 Å². The van der Waals surface area contributed by atoms with Gasteiger partial charge in [0.05, 0.1) is 12.7 Å². The van der Waals surface area contributed by atoms with E-state index in [2.05, 4.69) is 4.90 Å². The molecule has 0 spiro atoms. The van der Waals surface area contributed by atoms with Crippen LogP contribution in [0, 0.1) is 11.8 Å². The molecule has 0 amide bonds. The number of nitrogens with zero attached hydrogens (tertiary/aromatic N) is 1. The van der Waals surface area contributed by atoms with Gasteiger partial charge in [-0.2, -0.15) is 0 Å². The smallest absolute Gasteiger partial charge is 0.337 e. The van der Waals surface area contributed by atoms with E-state index in [1.54, 1.807) is 12.1 Å². The third-order valence-electron chi connectivity index (χ3n) is 4.85. The Hall–Kier alpha value is -0.810. The molecule has 3 atom stereocenters. The number of halogens is 2. The highest BCUT2D eigenvalue weighted by Gasteiger charge is 2.40. The fourth-order valence-corrected chi connectivity index (χ4v) is 3.89. The average molecular weight is 345 g/mol. The number of hydrogen-bond acceptors (Lipinski definition) is 4. The molecule has 0 bridgehead atoms. The molecule has 1 saturated heterocycles. The highest BCUT2D eigenvalue weighted by molar-refractivity contribution is 6.31. The van der Waals surface area contributed by atoms with E-state index in [1.807, 2.05) is 6.07 Å². The van der Waals surface area contributed by atoms with E-state index in [1.165, 1.54) is 13.5 Å². The molecule has 4 nitrogen and oxygen atoms in total. The van der Waals surface area contributed by atoms with Crippen LogP contribution in [-0.2, 0) is 11.3 Å². The summed E-state index contributed by atoms with van der Waals surface area (Å²) in [5.74, 6) is 1.02. The molecule has 6 heteroatoms. The van der Waals surface area contributed by atoms with Gasteiger partial charge in [0.15, 0.2) is 0 Å². The standard InChI is InChI=1S/C16H21ClN2O2.ClH/c1-21-16(20)10-2-4-14(17)12(6-10)8-19-7-11-3-5-15(18)13(11)9-19;/h2,4,6,11,13,15H,3,5,7-9,18H2,1H3;1H. The van der Waals surface area contributed by atoms with E-state index in [4.69, 9.17) is 22.1 Å². The summed E-state index contributed by atoms with van der Waals surface area (Å²) in [7, 11) is 1.39. The Labute approximate surface area is 142 Å². The van der Waals surface area contributed by atoms with E-state index in [0.29, 0.717) is 22.5 Å². The lowest BCUT2D eigenvalue weighted by atomic mass is 9.98. The number of nitrogens with two attached hydrogens (primary N) is 1. The van der Waals surface area contributed by atoms with Crippen molar-refractivity contribution in [2.75, 3.05) is 20.2 Å². The molecule has 2 aliphatic rings. The zero-order valence-corrected chi connectivity index (χ0v) is 14.2. The number of esters is 1. The molecular weight excluding hydrogens is 323 g/mol. The van der Waals surface area contributed by atoms with Gasteiger partial charge < -0.3 is 10.5 Å². The second-order valence-electron chi connectivity index (χ2n) is 6.16. The van der Waals surface area contributed by atoms with Crippen molar-refractivity contribution < 1.29 is 9.53 Å². The topological polar surface area (TPSA) is 55.6 Å². The van der Waals surface area contributed by atoms with Crippen LogP contribution in [0.3, 0.4) is 0 Å². The molecule has 1 aromatic carbocycles. The van der Waals surface area contributed by atoms with Gasteiger partial charge in [0.25, 0.3) is 0 Å². The van der Waals surface area contributed by atoms with E-state index >= 15 is 0 Å². The minimum Gasteiger partial charge on any atom is -0.465 e. The molecule has 0 aromatic heterocycles. The van der Waals surface area contributed by atoms with Gasteiger partial charge in [0, 0.05) is 30.7 Å². The van der Waals surface area contributed by atoms with Gasteiger partial charge in [-0.3, -0.25) is 4.90 Å². The minimum atomic E-state index is -0.326. The maximum Gasteiger partial charge on any atom is 0.337 e. The first kappa shape index (κ1) is 17.5. The van der Waals surface area contributed by atoms with E-state index in [9.17, 15) is 4.79 Å². The van der Waals surface area contributed by atoms with Crippen LogP contribution in [0.15, 0.2) is 18.2 Å². The lowest BCUT2D eigenvalue weighted by Crippen LogP contribution is -2.30. The first-order valence-corrected chi connectivity index (χ1v) is 7.81. The molecule has 3 unspecified atom stereocenters. The Bertz CT molecular complexity index is 553. The van der Waals surface area contributed by atoms with Crippen molar-refractivity contribution in [3.63, 3.8) is 0 Å². The number of carbonyl (C=O) groups is 1. The normalized spacial score (nSPS) is 27.3. The zero-order valence-electron chi connectivity index (χ0n) is 12.6. The molecule has 22 heavy (non-hydrogen) atoms. The van der Waals surface area contributed by atoms with Crippen molar-refractivity contribution >= 4 is 30.0 Å². The Kier molecular flexibility index (Phi) is 5.72. The number of fused-ring (bicyclic) bond motifs is 1. The van der Waals surface area contributed by atoms with Crippen molar-refractivity contribution in [3.8, 4) is 0 Å². The summed E-state index contributed by atoms with van der Waals surface area (Å²) in [6.45, 7) is 2.88. The molecule has 3 rings (SSSR count). The fourth-order valence-electron chi connectivity index (χ4n) is 3.71. The lowest BCUT2D eigenvalue weighted by Gasteiger charge is -2.19. The fraction of sp³-hybridized carbons (Fsp3) is 0.562. The Morgan fingerprint density at radius 3 is 2.86 bits per heavy atom. The molecule has 2 fully saturated rings. The molecule has 1 saturated carbocycles. The highest BCUT2D eigenvalue weighted by atomic mass is 35.5. The third-order valence-corrected chi connectivity index (χ3v) is 5.22. The minimum absolute atomic E-state index is 0. The predicted molar refractivity (Wildman–Crippen MR) is 89.5 cm³/mol. The Morgan fingerprint density at radius 1 is 1.41 bits per heavy atom. The molecule has 122 valence electrons. The molecular formula is C16H22Cl2N2O2. The van der Waals surface area contributed by atoms with Crippen LogP contribution in [-0.4, -0.2) is 37.1 Å². The van der Waals surface area contributed by atoms with Gasteiger partial charge in [0.2, 0.25) is 0 Å². The van der Waals surface area contributed by atoms with Gasteiger partial charge in [0.1, 0.15) is 0 Å². The van der Waals surface area contributed by atoms with Gasteiger partial charge in [-0.05, 0) is 48.4 Å². The van der Waals surface area contributed by atoms with Gasteiger partial charge >= 0.3 is 5.97 Å². The Balaban J connectivity index is 0.00000176. The zero-order chi connectivity index (χ0) is 15.0. The molecule has 1 aliphatic heterocycles. The largest absolute Gasteiger partial charge is 0.465 e. The van der Waals surface area contributed by atoms with Crippen LogP contribution in [0.1, 0.15) is 28.8 Å². The van der Waals surface area contributed by atoms with Gasteiger partial charge in [-0.15, -0.1) is 12.4 Å². The number of carbonyl (C=O) groups excluding carboxylic acids is 1. The average Bonchev–Trinajstić information content (AvgIpc) is 3.02. The number of likely N-dealkylation sites (tertiary alicyclic amines) is 1. The molecule has 1 aromatic rings. The van der Waals surface area contributed by atoms with Crippen LogP contribution in [0.25, 0.3) is 0 Å². The summed E-state index contributed by atoms with van der Waals surface area (Å²) in [4.78, 5) is 14.0. The van der Waals surface area contributed by atoms with Crippen LogP contribution < -0.4 is 5.73 Å². The molecule has 1 aliphatic carbocycles. The van der Waals surface area contributed by atoms with Crippen molar-refractivity contribution in [2.24, 2.45) is 17.6 Å². The monoisotopic (exact) mass is 344 g/mol. The van der Waals surface area contributed by atoms with Crippen molar-refractivity contribution in [1.82, 2.24) is 4.90 Å². The van der Waals surface area contributed by atoms with Gasteiger partial charge in [-0.25, -0.2) is 4.79 Å². The molecule has 1 heterocycles. The number of rotatable bonds is 3. The summed E-state index contributed by atoms with van der Waals surface area (Å²) in [5, 5.41) is 0.698. The maximum absolute atomic E-state index is 11.6. The first-order valence-electron chi connectivity index (χ1n) is 7.43. The van der Waals surface area contributed by atoms with Crippen LogP contribution in [0.5, 0.6) is 0 Å². The highest BCUT2D eigenvalue weighted by Crippen LogP contribution is 2.38. The van der Waals surface area contributed by atoms with Crippen molar-refractivity contribution in [3.05, 3.63) is 34.3 Å². The third kappa shape index (κ3) is 3.40. The molecule has 2 N–H and O–H groups in total. The summed E-state index contributed by atoms with van der Waals surface area (Å²) in [5.41, 5.74) is 7.70. The number of methoxy groups -OCH3 is 1. The predicted octanol–water partition coefficient (Wildman–Crippen LogP) is 2.72. The summed E-state index contributed by atoms with van der Waals surface area (Å²) in [6.07, 6.45) is 2.39. The lowest BCUT2D eigenvalue weighted by molar-refractivity contribution is 0.0600. The number of benzene rings is 1. The second-order valence-corrected chi connectivity index (χ2v) is 6.56. The van der Waals surface area contributed by atoms with Crippen molar-refractivity contribution in [1.29, 1.82) is 0 Å². The van der Waals surface area contributed by atoms with Crippen LogP contribution >= 0.6 is 24.0 Å². The number of ether oxygens (including phenoxy) is 1. The van der Waals surface area contributed by atoms with E-state index < -0.39 is 0 Å². The summed E-state index contributed by atoms with van der Waals surface area (Å²) >= 11 is 6.27. The Morgan fingerprint density at radius 2 is 2.18 bits per heavy atom. The maximum atomic E-state index is 11.6.